The second kappa shape index (κ2) is 3.76. The average Bonchev–Trinajstić information content (AvgIpc) is 2.81. The van der Waals surface area contributed by atoms with Gasteiger partial charge in [0, 0.05) is 7.05 Å². The Kier molecular flexibility index (Phi) is 2.43. The molecule has 3 rings (SSSR count). The summed E-state index contributed by atoms with van der Waals surface area (Å²) < 4.78 is 11.3. The quantitative estimate of drug-likeness (QED) is 0.489. The SMILES string of the molecule is C=C[C@H]1O[C@@]2(C=CCOC2)[C@H]2C(=O)N(C)C(=O)[C@@H]12. The van der Waals surface area contributed by atoms with Crippen LogP contribution in [0, 0.1) is 11.8 Å². The molecule has 2 amide bonds. The average molecular weight is 249 g/mol. The van der Waals surface area contributed by atoms with E-state index in [4.69, 9.17) is 9.47 Å². The molecule has 5 heteroatoms. The zero-order valence-electron chi connectivity index (χ0n) is 10.2. The van der Waals surface area contributed by atoms with Gasteiger partial charge in [0.25, 0.3) is 0 Å². The Morgan fingerprint density at radius 2 is 2.28 bits per heavy atom. The van der Waals surface area contributed by atoms with Crippen LogP contribution in [0.3, 0.4) is 0 Å². The highest BCUT2D eigenvalue weighted by Gasteiger charge is 2.64. The number of imide groups is 1. The summed E-state index contributed by atoms with van der Waals surface area (Å²) in [5.41, 5.74) is -0.806. The van der Waals surface area contributed by atoms with Crippen molar-refractivity contribution in [3.8, 4) is 0 Å². The van der Waals surface area contributed by atoms with Gasteiger partial charge in [-0.15, -0.1) is 6.58 Å². The lowest BCUT2D eigenvalue weighted by Crippen LogP contribution is -2.45. The zero-order chi connectivity index (χ0) is 12.9. The highest BCUT2D eigenvalue weighted by Crippen LogP contribution is 2.48. The van der Waals surface area contributed by atoms with Gasteiger partial charge in [-0.25, -0.2) is 0 Å². The number of likely N-dealkylation sites (tertiary alicyclic amines) is 1. The summed E-state index contributed by atoms with van der Waals surface area (Å²) in [6.07, 6.45) is 4.87. The third-order valence-corrected chi connectivity index (χ3v) is 3.98. The van der Waals surface area contributed by atoms with Gasteiger partial charge in [0.1, 0.15) is 5.60 Å². The van der Waals surface area contributed by atoms with Gasteiger partial charge in [0.15, 0.2) is 0 Å². The van der Waals surface area contributed by atoms with Crippen LogP contribution >= 0.6 is 0 Å². The number of nitrogens with zero attached hydrogens (tertiary/aromatic N) is 1. The molecule has 3 heterocycles. The van der Waals surface area contributed by atoms with Crippen molar-refractivity contribution < 1.29 is 19.1 Å². The van der Waals surface area contributed by atoms with E-state index in [-0.39, 0.29) is 11.8 Å². The van der Waals surface area contributed by atoms with Gasteiger partial charge in [-0.1, -0.05) is 18.2 Å². The predicted molar refractivity (Wildman–Crippen MR) is 62.5 cm³/mol. The van der Waals surface area contributed by atoms with Gasteiger partial charge in [-0.3, -0.25) is 14.5 Å². The van der Waals surface area contributed by atoms with Crippen molar-refractivity contribution in [1.82, 2.24) is 4.90 Å². The van der Waals surface area contributed by atoms with E-state index in [0.29, 0.717) is 13.2 Å². The van der Waals surface area contributed by atoms with Crippen molar-refractivity contribution in [3.05, 3.63) is 24.8 Å². The van der Waals surface area contributed by atoms with Gasteiger partial charge in [0.2, 0.25) is 11.8 Å². The summed E-state index contributed by atoms with van der Waals surface area (Å²) in [4.78, 5) is 25.5. The first-order valence-corrected chi connectivity index (χ1v) is 5.98. The molecule has 0 unspecified atom stereocenters. The van der Waals surface area contributed by atoms with Crippen LogP contribution in [0.4, 0.5) is 0 Å². The Morgan fingerprint density at radius 1 is 1.50 bits per heavy atom. The van der Waals surface area contributed by atoms with Crippen molar-refractivity contribution in [1.29, 1.82) is 0 Å². The summed E-state index contributed by atoms with van der Waals surface area (Å²) in [6.45, 7) is 4.51. The Bertz CT molecular complexity index is 458. The van der Waals surface area contributed by atoms with E-state index in [1.807, 2.05) is 12.2 Å². The fourth-order valence-corrected chi connectivity index (χ4v) is 3.12. The van der Waals surface area contributed by atoms with Gasteiger partial charge >= 0.3 is 0 Å². The second-order valence-corrected chi connectivity index (χ2v) is 4.93. The molecule has 18 heavy (non-hydrogen) atoms. The summed E-state index contributed by atoms with van der Waals surface area (Å²) in [5.74, 6) is -1.34. The molecule has 0 aromatic rings. The van der Waals surface area contributed by atoms with E-state index in [9.17, 15) is 9.59 Å². The molecule has 0 aliphatic carbocycles. The minimum atomic E-state index is -0.806. The van der Waals surface area contributed by atoms with E-state index in [2.05, 4.69) is 6.58 Å². The lowest BCUT2D eigenvalue weighted by molar-refractivity contribution is -0.145. The lowest BCUT2D eigenvalue weighted by atomic mass is 9.80. The standard InChI is InChI=1S/C13H15NO4/c1-3-8-9-10(12(16)14(2)11(9)15)13(18-8)5-4-6-17-7-13/h3-5,8-10H,1,6-7H2,2H3/t8-,9+,10-,13-/m1/s1. The molecule has 3 aliphatic heterocycles. The number of carbonyl (C=O) groups excluding carboxylic acids is 2. The van der Waals surface area contributed by atoms with Crippen LogP contribution in [0.1, 0.15) is 0 Å². The van der Waals surface area contributed by atoms with Crippen molar-refractivity contribution in [2.45, 2.75) is 11.7 Å². The highest BCUT2D eigenvalue weighted by atomic mass is 16.6. The first kappa shape index (κ1) is 11.6. The molecule has 2 saturated heterocycles. The molecule has 4 atom stereocenters. The summed E-state index contributed by atoms with van der Waals surface area (Å²) in [5, 5.41) is 0. The van der Waals surface area contributed by atoms with E-state index in [0.717, 1.165) is 0 Å². The van der Waals surface area contributed by atoms with Crippen LogP contribution in [-0.4, -0.2) is 48.7 Å². The first-order valence-electron chi connectivity index (χ1n) is 5.98. The third-order valence-electron chi connectivity index (χ3n) is 3.98. The highest BCUT2D eigenvalue weighted by molar-refractivity contribution is 6.06. The normalized spacial score (nSPS) is 42.7. The molecule has 96 valence electrons. The monoisotopic (exact) mass is 249 g/mol. The maximum Gasteiger partial charge on any atom is 0.236 e. The van der Waals surface area contributed by atoms with E-state index < -0.39 is 23.5 Å². The molecule has 5 nitrogen and oxygen atoms in total. The minimum Gasteiger partial charge on any atom is -0.374 e. The van der Waals surface area contributed by atoms with Crippen molar-refractivity contribution in [2.24, 2.45) is 11.8 Å². The number of fused-ring (bicyclic) bond motifs is 2. The van der Waals surface area contributed by atoms with Crippen molar-refractivity contribution >= 4 is 11.8 Å². The molecule has 0 aromatic carbocycles. The van der Waals surface area contributed by atoms with Gasteiger partial charge in [-0.2, -0.15) is 0 Å². The topological polar surface area (TPSA) is 55.8 Å². The molecular formula is C13H15NO4. The summed E-state index contributed by atoms with van der Waals surface area (Å²) in [7, 11) is 1.52. The van der Waals surface area contributed by atoms with Crippen molar-refractivity contribution in [3.63, 3.8) is 0 Å². The number of ether oxygens (including phenoxy) is 2. The maximum absolute atomic E-state index is 12.2. The number of amides is 2. The van der Waals surface area contributed by atoms with Crippen molar-refractivity contribution in [2.75, 3.05) is 20.3 Å². The van der Waals surface area contributed by atoms with Gasteiger partial charge in [-0.05, 0) is 0 Å². The second-order valence-electron chi connectivity index (χ2n) is 4.93. The third kappa shape index (κ3) is 1.29. The number of carbonyl (C=O) groups is 2. The maximum atomic E-state index is 12.2. The van der Waals surface area contributed by atoms with Crippen LogP contribution in [0.2, 0.25) is 0 Å². The Morgan fingerprint density at radius 3 is 2.89 bits per heavy atom. The zero-order valence-corrected chi connectivity index (χ0v) is 10.2. The number of hydrogen-bond acceptors (Lipinski definition) is 4. The molecule has 0 bridgehead atoms. The Hall–Kier alpha value is -1.46. The first-order chi connectivity index (χ1) is 8.60. The summed E-state index contributed by atoms with van der Waals surface area (Å²) in [6, 6.07) is 0. The number of hydrogen-bond donors (Lipinski definition) is 0. The minimum absolute atomic E-state index is 0.189. The van der Waals surface area contributed by atoms with E-state index in [1.165, 1.54) is 11.9 Å². The number of rotatable bonds is 1. The van der Waals surface area contributed by atoms with Gasteiger partial charge in [0.05, 0.1) is 31.2 Å². The molecule has 0 radical (unpaired) electrons. The van der Waals surface area contributed by atoms with Crippen LogP contribution in [0.5, 0.6) is 0 Å². The largest absolute Gasteiger partial charge is 0.374 e. The molecular weight excluding hydrogens is 234 g/mol. The molecule has 0 aromatic heterocycles. The van der Waals surface area contributed by atoms with Crippen LogP contribution in [0.15, 0.2) is 24.8 Å². The molecule has 0 N–H and O–H groups in total. The van der Waals surface area contributed by atoms with E-state index >= 15 is 0 Å². The lowest BCUT2D eigenvalue weighted by Gasteiger charge is -2.32. The molecule has 1 spiro atoms. The molecule has 3 aliphatic rings. The van der Waals surface area contributed by atoms with Crippen LogP contribution in [0.25, 0.3) is 0 Å². The smallest absolute Gasteiger partial charge is 0.236 e. The Labute approximate surface area is 105 Å². The van der Waals surface area contributed by atoms with E-state index in [1.54, 1.807) is 6.08 Å². The van der Waals surface area contributed by atoms with Crippen LogP contribution in [-0.2, 0) is 19.1 Å². The molecule has 0 saturated carbocycles. The Balaban J connectivity index is 2.07. The van der Waals surface area contributed by atoms with Crippen LogP contribution < -0.4 is 0 Å². The fraction of sp³-hybridized carbons (Fsp3) is 0.538. The van der Waals surface area contributed by atoms with Gasteiger partial charge < -0.3 is 9.47 Å². The predicted octanol–water partition coefficient (Wildman–Crippen LogP) is 0.127. The fourth-order valence-electron chi connectivity index (χ4n) is 3.12. The summed E-state index contributed by atoms with van der Waals surface area (Å²) >= 11 is 0. The molecule has 2 fully saturated rings.